The first-order valence-corrected chi connectivity index (χ1v) is 10.3. The van der Waals surface area contributed by atoms with Crippen molar-refractivity contribution < 1.29 is 32.6 Å². The Morgan fingerprint density at radius 2 is 1.77 bits per heavy atom. The highest BCUT2D eigenvalue weighted by Crippen LogP contribution is 2.15. The van der Waals surface area contributed by atoms with Crippen molar-refractivity contribution in [1.82, 2.24) is 9.62 Å². The van der Waals surface area contributed by atoms with Crippen LogP contribution in [0.15, 0.2) is 59.5 Å². The van der Waals surface area contributed by atoms with Gasteiger partial charge in [-0.2, -0.15) is 0 Å². The summed E-state index contributed by atoms with van der Waals surface area (Å²) in [6, 6.07) is 10.6. The van der Waals surface area contributed by atoms with Gasteiger partial charge in [-0.3, -0.25) is 0 Å². The van der Waals surface area contributed by atoms with Gasteiger partial charge in [0.25, 0.3) is 10.0 Å². The number of ether oxygens (including phenoxy) is 2. The Bertz CT molecular complexity index is 1010. The van der Waals surface area contributed by atoms with E-state index in [4.69, 9.17) is 21.1 Å². The van der Waals surface area contributed by atoms with Crippen LogP contribution in [0.25, 0.3) is 6.08 Å². The quantitative estimate of drug-likeness (QED) is 0.586. The van der Waals surface area contributed by atoms with Crippen molar-refractivity contribution in [2.45, 2.75) is 4.90 Å². The van der Waals surface area contributed by atoms with E-state index in [0.29, 0.717) is 15.7 Å². The summed E-state index contributed by atoms with van der Waals surface area (Å²) in [6.07, 6.45) is 1.39. The number of carbonyl (C=O) groups excluding carboxylic acids is 1. The van der Waals surface area contributed by atoms with Crippen LogP contribution in [-0.4, -0.2) is 51.0 Å². The summed E-state index contributed by atoms with van der Waals surface area (Å²) in [5, 5.41) is 9.57. The van der Waals surface area contributed by atoms with Crippen LogP contribution in [0.1, 0.15) is 5.56 Å². The van der Waals surface area contributed by atoms with Crippen LogP contribution >= 0.6 is 11.6 Å². The monoisotopic (exact) mass is 454 g/mol. The van der Waals surface area contributed by atoms with Crippen molar-refractivity contribution >= 4 is 39.8 Å². The van der Waals surface area contributed by atoms with E-state index in [1.165, 1.54) is 37.5 Å². The molecule has 0 saturated heterocycles. The van der Waals surface area contributed by atoms with Gasteiger partial charge < -0.3 is 14.6 Å². The summed E-state index contributed by atoms with van der Waals surface area (Å²) >= 11 is 5.71. The molecule has 0 aromatic heterocycles. The predicted molar refractivity (Wildman–Crippen MR) is 110 cm³/mol. The molecule has 0 unspecified atom stereocenters. The first kappa shape index (κ1) is 23.2. The first-order chi connectivity index (χ1) is 14.2. The second kappa shape index (κ2) is 10.6. The molecular formula is C19H19ClN2O7S. The molecule has 0 heterocycles. The van der Waals surface area contributed by atoms with Crippen molar-refractivity contribution in [3.05, 3.63) is 65.2 Å². The van der Waals surface area contributed by atoms with Gasteiger partial charge >= 0.3 is 12.1 Å². The first-order valence-electron chi connectivity index (χ1n) is 8.44. The van der Waals surface area contributed by atoms with Gasteiger partial charge in [-0.15, -0.1) is 0 Å². The lowest BCUT2D eigenvalue weighted by Crippen LogP contribution is -2.45. The second-order valence-electron chi connectivity index (χ2n) is 5.78. The summed E-state index contributed by atoms with van der Waals surface area (Å²) in [6.45, 7) is -0.254. The number of sulfonamides is 1. The number of benzene rings is 2. The van der Waals surface area contributed by atoms with E-state index < -0.39 is 22.1 Å². The summed E-state index contributed by atoms with van der Waals surface area (Å²) < 4.78 is 36.3. The highest BCUT2D eigenvalue weighted by Gasteiger charge is 2.25. The number of carbonyl (C=O) groups is 2. The lowest BCUT2D eigenvalue weighted by atomic mass is 10.2. The molecule has 0 spiro atoms. The number of nitrogens with one attached hydrogen (secondary N) is 1. The maximum atomic E-state index is 12.2. The molecule has 0 aliphatic heterocycles. The van der Waals surface area contributed by atoms with E-state index in [0.717, 1.165) is 5.56 Å². The molecule has 11 heteroatoms. The average molecular weight is 455 g/mol. The van der Waals surface area contributed by atoms with Crippen molar-refractivity contribution in [1.29, 1.82) is 0 Å². The van der Waals surface area contributed by atoms with Gasteiger partial charge in [-0.25, -0.2) is 27.6 Å². The summed E-state index contributed by atoms with van der Waals surface area (Å²) in [7, 11) is -2.75. The topological polar surface area (TPSA) is 122 Å². The predicted octanol–water partition coefficient (Wildman–Crippen LogP) is 3.41. The third kappa shape index (κ3) is 6.76. The minimum Gasteiger partial charge on any atom is -0.468 e. The van der Waals surface area contributed by atoms with Crippen LogP contribution in [0.2, 0.25) is 5.02 Å². The zero-order valence-electron chi connectivity index (χ0n) is 15.8. The fourth-order valence-electron chi connectivity index (χ4n) is 2.19. The van der Waals surface area contributed by atoms with Crippen LogP contribution in [0.4, 0.5) is 9.59 Å². The van der Waals surface area contributed by atoms with Crippen molar-refractivity contribution in [3.63, 3.8) is 0 Å². The van der Waals surface area contributed by atoms with Crippen LogP contribution < -0.4 is 9.46 Å². The number of halogens is 1. The van der Waals surface area contributed by atoms with Gasteiger partial charge in [0.05, 0.1) is 11.4 Å². The second-order valence-corrected chi connectivity index (χ2v) is 7.90. The number of imide groups is 1. The highest BCUT2D eigenvalue weighted by molar-refractivity contribution is 7.90. The van der Waals surface area contributed by atoms with Crippen LogP contribution in [0.3, 0.4) is 0 Å². The molecule has 9 nitrogen and oxygen atoms in total. The Balaban J connectivity index is 2.02. The van der Waals surface area contributed by atoms with E-state index in [9.17, 15) is 23.1 Å². The molecule has 0 saturated carbocycles. The third-order valence-electron chi connectivity index (χ3n) is 3.64. The molecule has 2 aromatic carbocycles. The molecule has 3 amide bonds. The molecule has 160 valence electrons. The molecule has 0 fully saturated rings. The fraction of sp³-hybridized carbons (Fsp3) is 0.158. The number of hydrogen-bond acceptors (Lipinski definition) is 6. The van der Waals surface area contributed by atoms with E-state index in [1.54, 1.807) is 35.1 Å². The number of hydrogen-bond donors (Lipinski definition) is 2. The summed E-state index contributed by atoms with van der Waals surface area (Å²) in [4.78, 5) is 23.7. The minimum atomic E-state index is -4.26. The maximum Gasteiger partial charge on any atom is 0.415 e. The number of carboxylic acid groups (broad SMARTS) is 1. The Morgan fingerprint density at radius 1 is 1.13 bits per heavy atom. The van der Waals surface area contributed by atoms with Crippen molar-refractivity contribution in [3.8, 4) is 5.75 Å². The summed E-state index contributed by atoms with van der Waals surface area (Å²) in [5.41, 5.74) is 0.722. The normalized spacial score (nSPS) is 11.3. The SMILES string of the molecule is COCOc1ccc(C=CCN(C(=O)O)C(=O)NS(=O)(=O)c2ccc(Cl)cc2)cc1. The number of rotatable bonds is 8. The van der Waals surface area contributed by atoms with Crippen molar-refractivity contribution in [2.75, 3.05) is 20.4 Å². The van der Waals surface area contributed by atoms with Crippen LogP contribution in [-0.2, 0) is 14.8 Å². The minimum absolute atomic E-state index is 0.108. The zero-order chi connectivity index (χ0) is 22.1. The Labute approximate surface area is 178 Å². The molecule has 2 aromatic rings. The van der Waals surface area contributed by atoms with Gasteiger partial charge in [0.1, 0.15) is 5.75 Å². The van der Waals surface area contributed by atoms with E-state index in [1.807, 2.05) is 0 Å². The van der Waals surface area contributed by atoms with Gasteiger partial charge in [0, 0.05) is 12.1 Å². The van der Waals surface area contributed by atoms with E-state index in [-0.39, 0.29) is 18.2 Å². The average Bonchev–Trinajstić information content (AvgIpc) is 2.70. The zero-order valence-corrected chi connectivity index (χ0v) is 17.4. The standard InChI is InChI=1S/C19H19ClN2O7S/c1-28-13-29-16-8-4-14(5-9-16)3-2-12-22(19(24)25)18(23)21-30(26,27)17-10-6-15(20)7-11-17/h2-11H,12-13H2,1H3,(H,21,23)(H,24,25). The number of methoxy groups -OCH3 is 1. The summed E-state index contributed by atoms with van der Waals surface area (Å²) in [5.74, 6) is 0.591. The molecule has 0 bridgehead atoms. The van der Waals surface area contributed by atoms with Crippen molar-refractivity contribution in [2.24, 2.45) is 0 Å². The van der Waals surface area contributed by atoms with E-state index >= 15 is 0 Å². The van der Waals surface area contributed by atoms with Gasteiger partial charge in [0.2, 0.25) is 0 Å². The molecule has 0 radical (unpaired) electrons. The lowest BCUT2D eigenvalue weighted by molar-refractivity contribution is 0.0511. The Kier molecular flexibility index (Phi) is 8.22. The highest BCUT2D eigenvalue weighted by atomic mass is 35.5. The maximum absolute atomic E-state index is 12.2. The molecule has 0 aliphatic carbocycles. The molecule has 0 aliphatic rings. The molecule has 2 N–H and O–H groups in total. The van der Waals surface area contributed by atoms with Crippen LogP contribution in [0.5, 0.6) is 5.75 Å². The smallest absolute Gasteiger partial charge is 0.415 e. The van der Waals surface area contributed by atoms with E-state index in [2.05, 4.69) is 0 Å². The van der Waals surface area contributed by atoms with Crippen LogP contribution in [0, 0.1) is 0 Å². The number of urea groups is 1. The third-order valence-corrected chi connectivity index (χ3v) is 5.23. The lowest BCUT2D eigenvalue weighted by Gasteiger charge is -2.16. The fourth-order valence-corrected chi connectivity index (χ4v) is 3.27. The Morgan fingerprint density at radius 3 is 2.33 bits per heavy atom. The van der Waals surface area contributed by atoms with Gasteiger partial charge in [0.15, 0.2) is 6.79 Å². The number of nitrogens with zero attached hydrogens (tertiary/aromatic N) is 1. The van der Waals surface area contributed by atoms with Gasteiger partial charge in [-0.05, 0) is 42.0 Å². The molecule has 30 heavy (non-hydrogen) atoms. The molecular weight excluding hydrogens is 436 g/mol. The largest absolute Gasteiger partial charge is 0.468 e. The molecule has 0 atom stereocenters. The van der Waals surface area contributed by atoms with Gasteiger partial charge in [-0.1, -0.05) is 35.9 Å². The Hall–Kier alpha value is -3.08. The number of amides is 3. The molecule has 2 rings (SSSR count).